The van der Waals surface area contributed by atoms with E-state index >= 15 is 0 Å². The van der Waals surface area contributed by atoms with E-state index in [2.05, 4.69) is 31.2 Å². The van der Waals surface area contributed by atoms with Crippen LogP contribution in [-0.2, 0) is 6.42 Å². The van der Waals surface area contributed by atoms with Crippen LogP contribution in [0, 0.1) is 6.92 Å². The van der Waals surface area contributed by atoms with Crippen LogP contribution in [0.25, 0.3) is 0 Å². The fraction of sp³-hybridized carbons (Fsp3) is 0.455. The summed E-state index contributed by atoms with van der Waals surface area (Å²) in [5, 5.41) is 9.65. The smallest absolute Gasteiger partial charge is 0.0690 e. The van der Waals surface area contributed by atoms with Crippen molar-refractivity contribution < 1.29 is 5.11 Å². The van der Waals surface area contributed by atoms with E-state index in [0.717, 1.165) is 19.3 Å². The minimum absolute atomic E-state index is 0.352. The topological polar surface area (TPSA) is 20.2 Å². The van der Waals surface area contributed by atoms with Gasteiger partial charge in [0.1, 0.15) is 0 Å². The highest BCUT2D eigenvalue weighted by atomic mass is 16.3. The first-order chi connectivity index (χ1) is 5.68. The zero-order valence-electron chi connectivity index (χ0n) is 7.38. The normalized spacial score (nSPS) is 19.2. The maximum atomic E-state index is 9.65. The van der Waals surface area contributed by atoms with E-state index in [1.54, 1.807) is 0 Å². The molecule has 2 rings (SSSR count). The van der Waals surface area contributed by atoms with Crippen molar-refractivity contribution in [2.75, 3.05) is 0 Å². The van der Waals surface area contributed by atoms with Crippen LogP contribution in [0.4, 0.5) is 0 Å². The van der Waals surface area contributed by atoms with Crippen molar-refractivity contribution in [2.45, 2.75) is 31.8 Å². The molecule has 1 aromatic carbocycles. The zero-order valence-corrected chi connectivity index (χ0v) is 7.38. The Morgan fingerprint density at radius 1 is 1.25 bits per heavy atom. The lowest BCUT2D eigenvalue weighted by atomic mass is 10.1. The van der Waals surface area contributed by atoms with Gasteiger partial charge in [-0.3, -0.25) is 0 Å². The van der Waals surface area contributed by atoms with Crippen LogP contribution >= 0.6 is 0 Å². The largest absolute Gasteiger partial charge is 0.390 e. The van der Waals surface area contributed by atoms with Crippen molar-refractivity contribution in [1.82, 2.24) is 0 Å². The predicted octanol–water partition coefficient (Wildman–Crippen LogP) is 2.06. The molecule has 1 N–H and O–H groups in total. The Kier molecular flexibility index (Phi) is 1.69. The molecule has 0 bridgehead atoms. The molecule has 1 aliphatic rings. The Bertz CT molecular complexity index is 270. The average molecular weight is 162 g/mol. The van der Waals surface area contributed by atoms with Crippen LogP contribution in [0.5, 0.6) is 0 Å². The van der Waals surface area contributed by atoms with Crippen molar-refractivity contribution in [3.63, 3.8) is 0 Å². The van der Waals surface area contributed by atoms with Gasteiger partial charge in [0.25, 0.3) is 0 Å². The van der Waals surface area contributed by atoms with Crippen LogP contribution in [0.2, 0.25) is 0 Å². The second kappa shape index (κ2) is 2.60. The van der Waals surface area contributed by atoms with Crippen molar-refractivity contribution >= 4 is 0 Å². The molecule has 0 spiro atoms. The summed E-state index contributed by atoms with van der Waals surface area (Å²) in [6.07, 6.45) is 2.77. The van der Waals surface area contributed by atoms with Gasteiger partial charge in [0.2, 0.25) is 0 Å². The average Bonchev–Trinajstić information content (AvgIpc) is 2.74. The molecule has 0 aliphatic heterocycles. The van der Waals surface area contributed by atoms with Crippen molar-refractivity contribution in [1.29, 1.82) is 0 Å². The molecule has 64 valence electrons. The molecule has 1 aliphatic carbocycles. The number of hydrogen-bond acceptors (Lipinski definition) is 1. The van der Waals surface area contributed by atoms with Gasteiger partial charge in [0.05, 0.1) is 5.60 Å². The molecule has 1 aromatic rings. The number of hydrogen-bond donors (Lipinski definition) is 1. The first kappa shape index (κ1) is 7.81. The summed E-state index contributed by atoms with van der Waals surface area (Å²) in [5.41, 5.74) is 2.18. The van der Waals surface area contributed by atoms with Crippen molar-refractivity contribution in [2.24, 2.45) is 0 Å². The van der Waals surface area contributed by atoms with Crippen LogP contribution < -0.4 is 0 Å². The third-order valence-corrected chi connectivity index (χ3v) is 2.48. The Hall–Kier alpha value is -0.820. The quantitative estimate of drug-likeness (QED) is 0.705. The number of benzene rings is 1. The molecule has 0 unspecified atom stereocenters. The van der Waals surface area contributed by atoms with E-state index in [1.165, 1.54) is 11.1 Å². The number of rotatable bonds is 2. The maximum absolute atomic E-state index is 9.65. The van der Waals surface area contributed by atoms with E-state index in [9.17, 15) is 5.11 Å². The molecule has 1 heteroatoms. The van der Waals surface area contributed by atoms with E-state index in [-0.39, 0.29) is 5.60 Å². The fourth-order valence-electron chi connectivity index (χ4n) is 1.41. The molecule has 0 aromatic heterocycles. The monoisotopic (exact) mass is 162 g/mol. The van der Waals surface area contributed by atoms with Crippen LogP contribution in [-0.4, -0.2) is 10.7 Å². The standard InChI is InChI=1S/C11H14O/c1-9-2-4-10(5-3-9)8-11(12)6-7-11/h2-5,12H,6-8H2,1H3. The van der Waals surface area contributed by atoms with Gasteiger partial charge in [0.15, 0.2) is 0 Å². The lowest BCUT2D eigenvalue weighted by molar-refractivity contribution is 0.151. The minimum atomic E-state index is -0.352. The lowest BCUT2D eigenvalue weighted by Crippen LogP contribution is -2.10. The SMILES string of the molecule is Cc1ccc(CC2(O)CC2)cc1. The van der Waals surface area contributed by atoms with Crippen molar-refractivity contribution in [3.05, 3.63) is 35.4 Å². The molecule has 1 saturated carbocycles. The zero-order chi connectivity index (χ0) is 8.60. The molecule has 0 saturated heterocycles. The molecule has 0 heterocycles. The Balaban J connectivity index is 2.08. The maximum Gasteiger partial charge on any atom is 0.0690 e. The summed E-state index contributed by atoms with van der Waals surface area (Å²) >= 11 is 0. The molecule has 0 amide bonds. The third-order valence-electron chi connectivity index (χ3n) is 2.48. The van der Waals surface area contributed by atoms with Crippen LogP contribution in [0.15, 0.2) is 24.3 Å². The van der Waals surface area contributed by atoms with Crippen LogP contribution in [0.1, 0.15) is 24.0 Å². The molecular weight excluding hydrogens is 148 g/mol. The molecular formula is C11H14O. The summed E-state index contributed by atoms with van der Waals surface area (Å²) in [6, 6.07) is 8.40. The first-order valence-corrected chi connectivity index (χ1v) is 4.46. The molecule has 0 radical (unpaired) electrons. The second-order valence-electron chi connectivity index (χ2n) is 3.89. The van der Waals surface area contributed by atoms with E-state index in [1.807, 2.05) is 0 Å². The Labute approximate surface area is 73.0 Å². The molecule has 1 nitrogen and oxygen atoms in total. The fourth-order valence-corrected chi connectivity index (χ4v) is 1.41. The summed E-state index contributed by atoms with van der Waals surface area (Å²) in [5.74, 6) is 0. The highest BCUT2D eigenvalue weighted by molar-refractivity contribution is 5.23. The van der Waals surface area contributed by atoms with Gasteiger partial charge in [-0.05, 0) is 25.3 Å². The third kappa shape index (κ3) is 1.67. The summed E-state index contributed by atoms with van der Waals surface area (Å²) in [6.45, 7) is 2.08. The van der Waals surface area contributed by atoms with Gasteiger partial charge in [0, 0.05) is 6.42 Å². The lowest BCUT2D eigenvalue weighted by Gasteiger charge is -2.06. The second-order valence-corrected chi connectivity index (χ2v) is 3.89. The van der Waals surface area contributed by atoms with Gasteiger partial charge < -0.3 is 5.11 Å². The molecule has 12 heavy (non-hydrogen) atoms. The van der Waals surface area contributed by atoms with Gasteiger partial charge in [-0.25, -0.2) is 0 Å². The summed E-state index contributed by atoms with van der Waals surface area (Å²) in [7, 11) is 0. The minimum Gasteiger partial charge on any atom is -0.390 e. The first-order valence-electron chi connectivity index (χ1n) is 4.46. The van der Waals surface area contributed by atoms with Gasteiger partial charge >= 0.3 is 0 Å². The molecule has 1 fully saturated rings. The van der Waals surface area contributed by atoms with Crippen LogP contribution in [0.3, 0.4) is 0 Å². The van der Waals surface area contributed by atoms with Gasteiger partial charge in [-0.1, -0.05) is 29.8 Å². The van der Waals surface area contributed by atoms with E-state index in [4.69, 9.17) is 0 Å². The highest BCUT2D eigenvalue weighted by Crippen LogP contribution is 2.38. The van der Waals surface area contributed by atoms with E-state index < -0.39 is 0 Å². The Morgan fingerprint density at radius 3 is 2.33 bits per heavy atom. The van der Waals surface area contributed by atoms with E-state index in [0.29, 0.717) is 0 Å². The Morgan fingerprint density at radius 2 is 1.83 bits per heavy atom. The summed E-state index contributed by atoms with van der Waals surface area (Å²) < 4.78 is 0. The highest BCUT2D eigenvalue weighted by Gasteiger charge is 2.39. The summed E-state index contributed by atoms with van der Waals surface area (Å²) in [4.78, 5) is 0. The van der Waals surface area contributed by atoms with Gasteiger partial charge in [-0.2, -0.15) is 0 Å². The molecule has 0 atom stereocenters. The van der Waals surface area contributed by atoms with Crippen molar-refractivity contribution in [3.8, 4) is 0 Å². The number of aryl methyl sites for hydroxylation is 1. The van der Waals surface area contributed by atoms with Gasteiger partial charge in [-0.15, -0.1) is 0 Å². The predicted molar refractivity (Wildman–Crippen MR) is 49.1 cm³/mol. The number of aliphatic hydroxyl groups is 1.